The van der Waals surface area contributed by atoms with Crippen molar-refractivity contribution >= 4 is 15.7 Å². The third-order valence-corrected chi connectivity index (χ3v) is 5.32. The maximum Gasteiger partial charge on any atom is 0.240 e. The van der Waals surface area contributed by atoms with Gasteiger partial charge in [0.25, 0.3) is 0 Å². The Hall–Kier alpha value is -2.05. The molecule has 2 aromatic rings. The average Bonchev–Trinajstić information content (AvgIpc) is 2.90. The van der Waals surface area contributed by atoms with Gasteiger partial charge in [-0.05, 0) is 48.9 Å². The molecule has 0 unspecified atom stereocenters. The molecule has 0 aromatic heterocycles. The van der Waals surface area contributed by atoms with E-state index in [4.69, 9.17) is 0 Å². The molecular weight excluding hydrogens is 300 g/mol. The third kappa shape index (κ3) is 2.80. The zero-order chi connectivity index (χ0) is 15.7. The molecule has 0 atom stereocenters. The number of hydrogen-bond donors (Lipinski definition) is 2. The van der Waals surface area contributed by atoms with E-state index in [1.807, 2.05) is 18.2 Å². The molecule has 0 aliphatic carbocycles. The van der Waals surface area contributed by atoms with Gasteiger partial charge in [-0.25, -0.2) is 13.1 Å². The SMILES string of the molecule is CNS(=O)(=O)c1ccc2c(c1)N(Cc1cccc(O)c1)CC2. The van der Waals surface area contributed by atoms with Crippen molar-refractivity contribution in [2.24, 2.45) is 0 Å². The Morgan fingerprint density at radius 3 is 2.77 bits per heavy atom. The van der Waals surface area contributed by atoms with Gasteiger partial charge in [0, 0.05) is 18.8 Å². The first-order chi connectivity index (χ1) is 10.5. The molecule has 5 nitrogen and oxygen atoms in total. The lowest BCUT2D eigenvalue weighted by Gasteiger charge is -2.20. The van der Waals surface area contributed by atoms with Gasteiger partial charge in [-0.2, -0.15) is 0 Å². The second kappa shape index (κ2) is 5.62. The molecule has 1 aliphatic rings. The lowest BCUT2D eigenvalue weighted by Crippen LogP contribution is -2.21. The Balaban J connectivity index is 1.92. The minimum absolute atomic E-state index is 0.239. The number of nitrogens with zero attached hydrogens (tertiary/aromatic N) is 1. The Bertz CT molecular complexity index is 803. The summed E-state index contributed by atoms with van der Waals surface area (Å²) in [5.41, 5.74) is 3.09. The van der Waals surface area contributed by atoms with Crippen LogP contribution in [-0.2, 0) is 23.0 Å². The molecule has 0 bridgehead atoms. The molecule has 3 rings (SSSR count). The minimum Gasteiger partial charge on any atom is -0.508 e. The summed E-state index contributed by atoms with van der Waals surface area (Å²) in [6.45, 7) is 1.48. The topological polar surface area (TPSA) is 69.6 Å². The predicted molar refractivity (Wildman–Crippen MR) is 85.5 cm³/mol. The van der Waals surface area contributed by atoms with Crippen molar-refractivity contribution < 1.29 is 13.5 Å². The van der Waals surface area contributed by atoms with E-state index in [0.29, 0.717) is 6.54 Å². The number of rotatable bonds is 4. The van der Waals surface area contributed by atoms with E-state index in [-0.39, 0.29) is 10.6 Å². The normalized spacial score (nSPS) is 14.1. The molecule has 1 heterocycles. The van der Waals surface area contributed by atoms with Crippen LogP contribution in [0.4, 0.5) is 5.69 Å². The molecule has 1 aliphatic heterocycles. The molecule has 0 fully saturated rings. The molecule has 0 amide bonds. The number of nitrogens with one attached hydrogen (secondary N) is 1. The highest BCUT2D eigenvalue weighted by molar-refractivity contribution is 7.89. The van der Waals surface area contributed by atoms with E-state index >= 15 is 0 Å². The van der Waals surface area contributed by atoms with Crippen LogP contribution in [-0.4, -0.2) is 27.1 Å². The summed E-state index contributed by atoms with van der Waals surface area (Å²) >= 11 is 0. The van der Waals surface area contributed by atoms with Gasteiger partial charge in [0.1, 0.15) is 5.75 Å². The van der Waals surface area contributed by atoms with Crippen molar-refractivity contribution in [1.29, 1.82) is 0 Å². The Kier molecular flexibility index (Phi) is 3.80. The largest absolute Gasteiger partial charge is 0.508 e. The van der Waals surface area contributed by atoms with Crippen molar-refractivity contribution in [3.8, 4) is 5.75 Å². The van der Waals surface area contributed by atoms with Gasteiger partial charge in [0.2, 0.25) is 10.0 Å². The van der Waals surface area contributed by atoms with Crippen LogP contribution in [0.5, 0.6) is 5.75 Å². The Morgan fingerprint density at radius 2 is 2.05 bits per heavy atom. The number of sulfonamides is 1. The van der Waals surface area contributed by atoms with E-state index in [1.54, 1.807) is 24.3 Å². The summed E-state index contributed by atoms with van der Waals surface area (Å²) in [6, 6.07) is 12.4. The number of fused-ring (bicyclic) bond motifs is 1. The van der Waals surface area contributed by atoms with Gasteiger partial charge in [0.05, 0.1) is 4.90 Å². The number of phenols is 1. The summed E-state index contributed by atoms with van der Waals surface area (Å²) in [5, 5.41) is 9.56. The molecule has 6 heteroatoms. The predicted octanol–water partition coefficient (Wildman–Crippen LogP) is 1.86. The van der Waals surface area contributed by atoms with Crippen LogP contribution >= 0.6 is 0 Å². The highest BCUT2D eigenvalue weighted by Gasteiger charge is 2.22. The van der Waals surface area contributed by atoms with Crippen molar-refractivity contribution in [3.63, 3.8) is 0 Å². The van der Waals surface area contributed by atoms with Crippen molar-refractivity contribution in [2.75, 3.05) is 18.5 Å². The Labute approximate surface area is 130 Å². The van der Waals surface area contributed by atoms with Crippen LogP contribution in [0, 0.1) is 0 Å². The molecule has 0 saturated carbocycles. The second-order valence-electron chi connectivity index (χ2n) is 5.34. The van der Waals surface area contributed by atoms with E-state index in [1.165, 1.54) is 7.05 Å². The lowest BCUT2D eigenvalue weighted by molar-refractivity contribution is 0.474. The van der Waals surface area contributed by atoms with Crippen molar-refractivity contribution in [1.82, 2.24) is 4.72 Å². The minimum atomic E-state index is -3.44. The van der Waals surface area contributed by atoms with Crippen LogP contribution in [0.2, 0.25) is 0 Å². The van der Waals surface area contributed by atoms with Gasteiger partial charge in [0.15, 0.2) is 0 Å². The first-order valence-corrected chi connectivity index (χ1v) is 8.57. The summed E-state index contributed by atoms with van der Waals surface area (Å²) in [6.07, 6.45) is 0.897. The highest BCUT2D eigenvalue weighted by atomic mass is 32.2. The number of aromatic hydroxyl groups is 1. The zero-order valence-electron chi connectivity index (χ0n) is 12.3. The van der Waals surface area contributed by atoms with Crippen LogP contribution in [0.3, 0.4) is 0 Å². The first-order valence-electron chi connectivity index (χ1n) is 7.09. The Morgan fingerprint density at radius 1 is 1.23 bits per heavy atom. The summed E-state index contributed by atoms with van der Waals surface area (Å²) < 4.78 is 26.2. The summed E-state index contributed by atoms with van der Waals surface area (Å²) in [5.74, 6) is 0.239. The second-order valence-corrected chi connectivity index (χ2v) is 7.23. The quantitative estimate of drug-likeness (QED) is 0.903. The molecule has 2 aromatic carbocycles. The molecule has 116 valence electrons. The average molecular weight is 318 g/mol. The molecule has 0 radical (unpaired) electrons. The molecule has 0 saturated heterocycles. The van der Waals surface area contributed by atoms with Crippen molar-refractivity contribution in [3.05, 3.63) is 53.6 Å². The molecule has 22 heavy (non-hydrogen) atoms. The van der Waals surface area contributed by atoms with Crippen LogP contribution < -0.4 is 9.62 Å². The van der Waals surface area contributed by atoms with Crippen LogP contribution in [0.1, 0.15) is 11.1 Å². The van der Waals surface area contributed by atoms with E-state index in [0.717, 1.165) is 29.8 Å². The molecule has 0 spiro atoms. The van der Waals surface area contributed by atoms with Crippen LogP contribution in [0.15, 0.2) is 47.4 Å². The number of hydrogen-bond acceptors (Lipinski definition) is 4. The fourth-order valence-electron chi connectivity index (χ4n) is 2.75. The summed E-state index contributed by atoms with van der Waals surface area (Å²) in [4.78, 5) is 2.41. The standard InChI is InChI=1S/C16H18N2O3S/c1-17-22(20,21)15-6-5-13-7-8-18(16(13)10-15)11-12-3-2-4-14(19)9-12/h2-6,9-10,17,19H,7-8,11H2,1H3. The van der Waals surface area contributed by atoms with Gasteiger partial charge in [-0.1, -0.05) is 18.2 Å². The molecular formula is C16H18N2O3S. The number of benzene rings is 2. The zero-order valence-corrected chi connectivity index (χ0v) is 13.1. The lowest BCUT2D eigenvalue weighted by atomic mass is 10.1. The first kappa shape index (κ1) is 14.9. The third-order valence-electron chi connectivity index (χ3n) is 3.91. The van der Waals surface area contributed by atoms with Crippen LogP contribution in [0.25, 0.3) is 0 Å². The smallest absolute Gasteiger partial charge is 0.240 e. The van der Waals surface area contributed by atoms with E-state index in [2.05, 4.69) is 9.62 Å². The maximum atomic E-state index is 11.9. The van der Waals surface area contributed by atoms with Gasteiger partial charge < -0.3 is 10.0 Å². The van der Waals surface area contributed by atoms with Gasteiger partial charge >= 0.3 is 0 Å². The van der Waals surface area contributed by atoms with Gasteiger partial charge in [-0.3, -0.25) is 0 Å². The number of anilines is 1. The van der Waals surface area contributed by atoms with E-state index in [9.17, 15) is 13.5 Å². The fourth-order valence-corrected chi connectivity index (χ4v) is 3.50. The van der Waals surface area contributed by atoms with E-state index < -0.39 is 10.0 Å². The monoisotopic (exact) mass is 318 g/mol. The molecule has 2 N–H and O–H groups in total. The van der Waals surface area contributed by atoms with Crippen molar-refractivity contribution in [2.45, 2.75) is 17.9 Å². The maximum absolute atomic E-state index is 11.9. The number of phenolic OH excluding ortho intramolecular Hbond substituents is 1. The fraction of sp³-hybridized carbons (Fsp3) is 0.250. The van der Waals surface area contributed by atoms with Gasteiger partial charge in [-0.15, -0.1) is 0 Å². The highest BCUT2D eigenvalue weighted by Crippen LogP contribution is 2.31. The summed E-state index contributed by atoms with van der Waals surface area (Å²) in [7, 11) is -2.03.